The number of carbonyl (C=O) groups excluding carboxylic acids is 2. The Labute approximate surface area is 208 Å². The molecule has 1 N–H and O–H groups in total. The third kappa shape index (κ3) is 6.98. The zero-order valence-corrected chi connectivity index (χ0v) is 20.9. The maximum absolute atomic E-state index is 13.0. The second kappa shape index (κ2) is 13.0. The third-order valence-corrected chi connectivity index (χ3v) is 7.12. The van der Waals surface area contributed by atoms with Crippen molar-refractivity contribution in [1.82, 2.24) is 14.8 Å². The van der Waals surface area contributed by atoms with Gasteiger partial charge in [0.05, 0.1) is 23.2 Å². The molecule has 1 heterocycles. The van der Waals surface area contributed by atoms with Crippen LogP contribution in [0, 0.1) is 0 Å². The largest absolute Gasteiger partial charge is 0.462 e. The van der Waals surface area contributed by atoms with Crippen molar-refractivity contribution in [3.05, 3.63) is 78.6 Å². The minimum Gasteiger partial charge on any atom is -0.462 e. The molecule has 0 aliphatic rings. The molecule has 1 unspecified atom stereocenters. The van der Waals surface area contributed by atoms with Gasteiger partial charge in [-0.25, -0.2) is 4.79 Å². The Morgan fingerprint density at radius 1 is 1.15 bits per heavy atom. The number of rotatable bonds is 12. The predicted molar refractivity (Wildman–Crippen MR) is 137 cm³/mol. The smallest absolute Gasteiger partial charge is 0.338 e. The standard InChI is InChI=1S/C25H28N4O3S2/c1-4-15-29-22(17-33-20-13-8-7-9-14-20)27-28-25(29)34-21(5-2)23(30)26-19-12-10-11-18(16-19)24(31)32-6-3/h4,7-14,16,21H,1,5-6,15,17H2,2-3H3,(H,26,30). The number of amides is 1. The third-order valence-electron chi connectivity index (χ3n) is 4.77. The Morgan fingerprint density at radius 2 is 1.94 bits per heavy atom. The molecular formula is C25H28N4O3S2. The van der Waals surface area contributed by atoms with Crippen LogP contribution in [0.1, 0.15) is 36.5 Å². The summed E-state index contributed by atoms with van der Waals surface area (Å²) < 4.78 is 7.03. The molecule has 7 nitrogen and oxygen atoms in total. The van der Waals surface area contributed by atoms with Crippen LogP contribution in [-0.4, -0.2) is 38.5 Å². The fourth-order valence-electron chi connectivity index (χ4n) is 3.10. The first-order valence-corrected chi connectivity index (χ1v) is 12.9. The van der Waals surface area contributed by atoms with Crippen LogP contribution in [0.2, 0.25) is 0 Å². The lowest BCUT2D eigenvalue weighted by molar-refractivity contribution is -0.115. The summed E-state index contributed by atoms with van der Waals surface area (Å²) in [6, 6.07) is 16.9. The van der Waals surface area contributed by atoms with E-state index in [1.165, 1.54) is 11.8 Å². The van der Waals surface area contributed by atoms with Crippen molar-refractivity contribution >= 4 is 41.1 Å². The monoisotopic (exact) mass is 496 g/mol. The number of hydrogen-bond donors (Lipinski definition) is 1. The molecule has 1 amide bonds. The first-order valence-electron chi connectivity index (χ1n) is 11.0. The molecule has 9 heteroatoms. The van der Waals surface area contributed by atoms with Crippen LogP contribution in [-0.2, 0) is 21.8 Å². The van der Waals surface area contributed by atoms with Crippen molar-refractivity contribution < 1.29 is 14.3 Å². The summed E-state index contributed by atoms with van der Waals surface area (Å²) in [5.41, 5.74) is 0.939. The van der Waals surface area contributed by atoms with E-state index >= 15 is 0 Å². The van der Waals surface area contributed by atoms with Gasteiger partial charge >= 0.3 is 5.97 Å². The topological polar surface area (TPSA) is 86.1 Å². The molecule has 3 aromatic rings. The van der Waals surface area contributed by atoms with Crippen LogP contribution in [0.3, 0.4) is 0 Å². The normalized spacial score (nSPS) is 11.6. The van der Waals surface area contributed by atoms with Gasteiger partial charge in [-0.2, -0.15) is 0 Å². The molecule has 0 spiro atoms. The average molecular weight is 497 g/mol. The Morgan fingerprint density at radius 3 is 2.65 bits per heavy atom. The summed E-state index contributed by atoms with van der Waals surface area (Å²) in [7, 11) is 0. The number of aromatic nitrogens is 3. The van der Waals surface area contributed by atoms with Gasteiger partial charge in [0.2, 0.25) is 5.91 Å². The van der Waals surface area contributed by atoms with E-state index < -0.39 is 5.97 Å². The lowest BCUT2D eigenvalue weighted by Gasteiger charge is -2.15. The molecule has 1 aromatic heterocycles. The highest BCUT2D eigenvalue weighted by molar-refractivity contribution is 8.00. The number of ether oxygens (including phenoxy) is 1. The number of hydrogen-bond acceptors (Lipinski definition) is 7. The Kier molecular flexibility index (Phi) is 9.78. The summed E-state index contributed by atoms with van der Waals surface area (Å²) in [5, 5.41) is 11.9. The zero-order valence-electron chi connectivity index (χ0n) is 19.3. The molecule has 2 aromatic carbocycles. The van der Waals surface area contributed by atoms with Crippen LogP contribution >= 0.6 is 23.5 Å². The van der Waals surface area contributed by atoms with Gasteiger partial charge in [0, 0.05) is 17.1 Å². The fourth-order valence-corrected chi connectivity index (χ4v) is 4.94. The van der Waals surface area contributed by atoms with Gasteiger partial charge in [-0.1, -0.05) is 49.0 Å². The van der Waals surface area contributed by atoms with Crippen LogP contribution in [0.4, 0.5) is 5.69 Å². The van der Waals surface area contributed by atoms with Gasteiger partial charge in [-0.3, -0.25) is 4.79 Å². The predicted octanol–water partition coefficient (Wildman–Crippen LogP) is 5.44. The molecule has 1 atom stereocenters. The van der Waals surface area contributed by atoms with Crippen LogP contribution in [0.25, 0.3) is 0 Å². The number of benzene rings is 2. The lowest BCUT2D eigenvalue weighted by atomic mass is 10.2. The maximum atomic E-state index is 13.0. The second-order valence-corrected chi connectivity index (χ2v) is 9.42. The second-order valence-electron chi connectivity index (χ2n) is 7.21. The minimum absolute atomic E-state index is 0.165. The van der Waals surface area contributed by atoms with Crippen molar-refractivity contribution in [2.45, 2.75) is 47.9 Å². The van der Waals surface area contributed by atoms with Crippen molar-refractivity contribution in [3.63, 3.8) is 0 Å². The summed E-state index contributed by atoms with van der Waals surface area (Å²) >= 11 is 3.06. The van der Waals surface area contributed by atoms with E-state index in [9.17, 15) is 9.59 Å². The molecule has 0 aliphatic carbocycles. The van der Waals surface area contributed by atoms with Crippen LogP contribution < -0.4 is 5.32 Å². The molecule has 0 saturated carbocycles. The highest BCUT2D eigenvalue weighted by atomic mass is 32.2. The molecule has 0 aliphatic heterocycles. The molecule has 34 heavy (non-hydrogen) atoms. The number of allylic oxidation sites excluding steroid dienone is 1. The summed E-state index contributed by atoms with van der Waals surface area (Å²) in [5.74, 6) is 0.906. The van der Waals surface area contributed by atoms with E-state index in [2.05, 4.69) is 34.2 Å². The Hall–Kier alpha value is -3.04. The van der Waals surface area contributed by atoms with Crippen molar-refractivity contribution in [1.29, 1.82) is 0 Å². The first kappa shape index (κ1) is 25.6. The quantitative estimate of drug-likeness (QED) is 0.203. The zero-order chi connectivity index (χ0) is 24.3. The van der Waals surface area contributed by atoms with Crippen LogP contribution in [0.5, 0.6) is 0 Å². The SMILES string of the molecule is C=CCn1c(CSc2ccccc2)nnc1SC(CC)C(=O)Nc1cccc(C(=O)OCC)c1. The Balaban J connectivity index is 1.70. The average Bonchev–Trinajstić information content (AvgIpc) is 3.23. The molecule has 0 fully saturated rings. The van der Waals surface area contributed by atoms with E-state index in [0.717, 1.165) is 10.7 Å². The fraction of sp³-hybridized carbons (Fsp3) is 0.280. The highest BCUT2D eigenvalue weighted by Gasteiger charge is 2.23. The number of carbonyl (C=O) groups is 2. The van der Waals surface area contributed by atoms with Crippen LogP contribution in [0.15, 0.2) is 77.3 Å². The summed E-state index contributed by atoms with van der Waals surface area (Å²) in [4.78, 5) is 26.2. The lowest BCUT2D eigenvalue weighted by Crippen LogP contribution is -2.25. The summed E-state index contributed by atoms with van der Waals surface area (Å²) in [6.07, 6.45) is 2.40. The molecule has 178 valence electrons. The van der Waals surface area contributed by atoms with Gasteiger partial charge < -0.3 is 14.6 Å². The number of esters is 1. The number of nitrogens with one attached hydrogen (secondary N) is 1. The van der Waals surface area contributed by atoms with E-state index in [1.54, 1.807) is 49.0 Å². The molecule has 0 bridgehead atoms. The number of anilines is 1. The first-order chi connectivity index (χ1) is 16.5. The van der Waals surface area contributed by atoms with Gasteiger partial charge in [0.1, 0.15) is 5.82 Å². The highest BCUT2D eigenvalue weighted by Crippen LogP contribution is 2.28. The minimum atomic E-state index is -0.418. The number of nitrogens with zero attached hydrogens (tertiary/aromatic N) is 3. The van der Waals surface area contributed by atoms with Gasteiger partial charge in [0.25, 0.3) is 0 Å². The van der Waals surface area contributed by atoms with Gasteiger partial charge in [-0.15, -0.1) is 28.5 Å². The van der Waals surface area contributed by atoms with E-state index in [0.29, 0.717) is 41.7 Å². The number of thioether (sulfide) groups is 2. The molecule has 0 saturated heterocycles. The van der Waals surface area contributed by atoms with Crippen molar-refractivity contribution in [2.24, 2.45) is 0 Å². The molecule has 0 radical (unpaired) electrons. The van der Waals surface area contributed by atoms with Gasteiger partial charge in [-0.05, 0) is 43.7 Å². The maximum Gasteiger partial charge on any atom is 0.338 e. The van der Waals surface area contributed by atoms with E-state index in [1.807, 2.05) is 29.7 Å². The van der Waals surface area contributed by atoms with E-state index in [4.69, 9.17) is 4.74 Å². The van der Waals surface area contributed by atoms with Gasteiger partial charge in [0.15, 0.2) is 5.16 Å². The Bertz CT molecular complexity index is 1120. The van der Waals surface area contributed by atoms with E-state index in [-0.39, 0.29) is 11.2 Å². The summed E-state index contributed by atoms with van der Waals surface area (Å²) in [6.45, 7) is 8.40. The molecule has 3 rings (SSSR count). The van der Waals surface area contributed by atoms with Crippen molar-refractivity contribution in [2.75, 3.05) is 11.9 Å². The van der Waals surface area contributed by atoms with Crippen molar-refractivity contribution in [3.8, 4) is 0 Å². The molecular weight excluding hydrogens is 468 g/mol.